The van der Waals surface area contributed by atoms with E-state index in [1.807, 2.05) is 0 Å². The first-order valence-electron chi connectivity index (χ1n) is 4.89. The predicted molar refractivity (Wildman–Crippen MR) is 59.5 cm³/mol. The second-order valence-electron chi connectivity index (χ2n) is 3.67. The molecule has 6 nitrogen and oxygen atoms in total. The van der Waals surface area contributed by atoms with Crippen LogP contribution in [0.1, 0.15) is 33.5 Å². The van der Waals surface area contributed by atoms with Crippen LogP contribution in [0, 0.1) is 6.92 Å². The summed E-state index contributed by atoms with van der Waals surface area (Å²) < 4.78 is 0. The summed E-state index contributed by atoms with van der Waals surface area (Å²) in [7, 11) is 0. The topological polar surface area (TPSA) is 95.8 Å². The number of hydrogen-bond acceptors (Lipinski definition) is 4. The largest absolute Gasteiger partial charge is 0.289 e. The van der Waals surface area contributed by atoms with Gasteiger partial charge in [0.05, 0.1) is 11.3 Å². The molecule has 1 aromatic heterocycles. The number of allylic oxidation sites excluding steroid dienone is 2. The molecule has 1 heterocycles. The number of aryl methyl sites for hydroxylation is 1. The van der Waals surface area contributed by atoms with Crippen molar-refractivity contribution in [3.63, 3.8) is 0 Å². The molecule has 6 heteroatoms. The van der Waals surface area contributed by atoms with Gasteiger partial charge in [0, 0.05) is 16.2 Å². The molecule has 1 aliphatic rings. The Kier molecular flexibility index (Phi) is 2.49. The molecule has 1 aromatic rings. The first-order chi connectivity index (χ1) is 8.06. The van der Waals surface area contributed by atoms with Gasteiger partial charge >= 0.3 is 0 Å². The highest BCUT2D eigenvalue weighted by molar-refractivity contribution is 6.25. The predicted octanol–water partition coefficient (Wildman–Crippen LogP) is 2.35. The number of aromatic nitrogens is 1. The van der Waals surface area contributed by atoms with Crippen molar-refractivity contribution in [1.82, 2.24) is 4.98 Å². The molecule has 0 amide bonds. The van der Waals surface area contributed by atoms with Crippen LogP contribution in [0.5, 0.6) is 0 Å². The molecule has 0 saturated heterocycles. The Balaban J connectivity index is 2.73. The molecular weight excluding hydrogens is 220 g/mol. The number of pyridine rings is 1. The van der Waals surface area contributed by atoms with Crippen molar-refractivity contribution in [3.05, 3.63) is 50.8 Å². The average molecular weight is 228 g/mol. The minimum atomic E-state index is -0.501. The number of fused-ring (bicyclic) bond motifs is 1. The lowest BCUT2D eigenvalue weighted by Gasteiger charge is -2.15. The van der Waals surface area contributed by atoms with Crippen molar-refractivity contribution in [2.24, 2.45) is 5.11 Å². The van der Waals surface area contributed by atoms with Crippen LogP contribution < -0.4 is 0 Å². The molecular formula is C11H8N4O2. The third-order valence-electron chi connectivity index (χ3n) is 2.55. The van der Waals surface area contributed by atoms with Crippen molar-refractivity contribution in [2.75, 3.05) is 0 Å². The maximum Gasteiger partial charge on any atom is 0.214 e. The smallest absolute Gasteiger partial charge is 0.214 e. The monoisotopic (exact) mass is 228 g/mol. The highest BCUT2D eigenvalue weighted by Gasteiger charge is 2.30. The van der Waals surface area contributed by atoms with Crippen molar-refractivity contribution >= 4 is 11.6 Å². The average Bonchev–Trinajstić information content (AvgIpc) is 2.32. The lowest BCUT2D eigenvalue weighted by atomic mass is 9.91. The Morgan fingerprint density at radius 2 is 1.94 bits per heavy atom. The summed E-state index contributed by atoms with van der Waals surface area (Å²) in [4.78, 5) is 30.5. The molecule has 2 rings (SSSR count). The van der Waals surface area contributed by atoms with E-state index in [4.69, 9.17) is 5.53 Å². The maximum absolute atomic E-state index is 12.0. The second-order valence-corrected chi connectivity index (χ2v) is 3.67. The molecule has 17 heavy (non-hydrogen) atoms. The van der Waals surface area contributed by atoms with E-state index in [1.165, 1.54) is 6.92 Å². The second kappa shape index (κ2) is 3.84. The lowest BCUT2D eigenvalue weighted by Crippen LogP contribution is -2.21. The number of ketones is 2. The van der Waals surface area contributed by atoms with Crippen molar-refractivity contribution in [1.29, 1.82) is 0 Å². The van der Waals surface area contributed by atoms with Crippen LogP contribution in [0.25, 0.3) is 10.4 Å². The lowest BCUT2D eigenvalue weighted by molar-refractivity contribution is 0.0969. The van der Waals surface area contributed by atoms with Crippen LogP contribution in [0.15, 0.2) is 28.5 Å². The van der Waals surface area contributed by atoms with E-state index < -0.39 is 5.78 Å². The van der Waals surface area contributed by atoms with Crippen LogP contribution in [-0.4, -0.2) is 16.6 Å². The SMILES string of the molecule is CC1=C(N=[N+]=[N-])C(=O)c2nc(C)ccc2C1=O. The van der Waals surface area contributed by atoms with Crippen molar-refractivity contribution in [3.8, 4) is 0 Å². The van der Waals surface area contributed by atoms with Crippen LogP contribution >= 0.6 is 0 Å². The van der Waals surface area contributed by atoms with Gasteiger partial charge in [-0.05, 0) is 31.5 Å². The maximum atomic E-state index is 12.0. The summed E-state index contributed by atoms with van der Waals surface area (Å²) >= 11 is 0. The van der Waals surface area contributed by atoms with Crippen LogP contribution in [0.4, 0.5) is 0 Å². The van der Waals surface area contributed by atoms with E-state index in [0.717, 1.165) is 0 Å². The summed E-state index contributed by atoms with van der Waals surface area (Å²) in [5, 5.41) is 3.27. The summed E-state index contributed by atoms with van der Waals surface area (Å²) in [5.41, 5.74) is 9.32. The first kappa shape index (κ1) is 11.0. The van der Waals surface area contributed by atoms with Gasteiger partial charge in [-0.1, -0.05) is 5.11 Å². The van der Waals surface area contributed by atoms with E-state index in [-0.39, 0.29) is 28.3 Å². The molecule has 0 atom stereocenters. The molecule has 84 valence electrons. The first-order valence-corrected chi connectivity index (χ1v) is 4.89. The minimum absolute atomic E-state index is 0.0583. The quantitative estimate of drug-likeness (QED) is 0.419. The molecule has 1 aliphatic carbocycles. The number of nitrogens with zero attached hydrogens (tertiary/aromatic N) is 4. The minimum Gasteiger partial charge on any atom is -0.289 e. The number of carbonyl (C=O) groups excluding carboxylic acids is 2. The highest BCUT2D eigenvalue weighted by Crippen LogP contribution is 2.25. The van der Waals surface area contributed by atoms with Crippen LogP contribution in [0.2, 0.25) is 0 Å². The van der Waals surface area contributed by atoms with Gasteiger partial charge in [0.1, 0.15) is 5.69 Å². The van der Waals surface area contributed by atoms with Gasteiger partial charge in [0.25, 0.3) is 0 Å². The summed E-state index contributed by atoms with van der Waals surface area (Å²) in [6, 6.07) is 3.23. The Labute approximate surface area is 96.6 Å². The fourth-order valence-corrected chi connectivity index (χ4v) is 1.67. The Morgan fingerprint density at radius 1 is 1.24 bits per heavy atom. The third-order valence-corrected chi connectivity index (χ3v) is 2.55. The Morgan fingerprint density at radius 3 is 2.59 bits per heavy atom. The van der Waals surface area contributed by atoms with Gasteiger partial charge in [-0.3, -0.25) is 9.59 Å². The van der Waals surface area contributed by atoms with E-state index >= 15 is 0 Å². The van der Waals surface area contributed by atoms with Gasteiger partial charge in [-0.2, -0.15) is 0 Å². The van der Waals surface area contributed by atoms with Crippen LogP contribution in [-0.2, 0) is 0 Å². The fourth-order valence-electron chi connectivity index (χ4n) is 1.67. The number of rotatable bonds is 1. The molecule has 0 bridgehead atoms. The Hall–Kier alpha value is -2.46. The molecule has 0 spiro atoms. The molecule has 0 aromatic carbocycles. The normalized spacial score (nSPS) is 14.5. The van der Waals surface area contributed by atoms with Crippen LogP contribution in [0.3, 0.4) is 0 Å². The van der Waals surface area contributed by atoms with Crippen molar-refractivity contribution in [2.45, 2.75) is 13.8 Å². The number of azide groups is 1. The molecule has 0 N–H and O–H groups in total. The van der Waals surface area contributed by atoms with E-state index in [9.17, 15) is 9.59 Å². The molecule has 0 fully saturated rings. The van der Waals surface area contributed by atoms with Gasteiger partial charge in [-0.25, -0.2) is 4.98 Å². The third kappa shape index (κ3) is 1.60. The van der Waals surface area contributed by atoms with Gasteiger partial charge in [0.15, 0.2) is 5.78 Å². The standard InChI is InChI=1S/C11H8N4O2/c1-5-3-4-7-9(13-5)11(17)8(14-15-12)6(2)10(7)16/h3-4H,1-2H3. The highest BCUT2D eigenvalue weighted by atomic mass is 16.1. The zero-order chi connectivity index (χ0) is 12.6. The summed E-state index contributed by atoms with van der Waals surface area (Å²) in [6.45, 7) is 3.18. The van der Waals surface area contributed by atoms with E-state index in [2.05, 4.69) is 15.0 Å². The molecule has 0 saturated carbocycles. The van der Waals surface area contributed by atoms with E-state index in [1.54, 1.807) is 19.1 Å². The van der Waals surface area contributed by atoms with Crippen molar-refractivity contribution < 1.29 is 9.59 Å². The summed E-state index contributed by atoms with van der Waals surface area (Å²) in [6.07, 6.45) is 0. The van der Waals surface area contributed by atoms with Gasteiger partial charge in [-0.15, -0.1) is 0 Å². The zero-order valence-corrected chi connectivity index (χ0v) is 9.26. The zero-order valence-electron chi connectivity index (χ0n) is 9.26. The Bertz CT molecular complexity index is 624. The molecule has 0 unspecified atom stereocenters. The van der Waals surface area contributed by atoms with E-state index in [0.29, 0.717) is 5.69 Å². The molecule has 0 radical (unpaired) electrons. The number of carbonyl (C=O) groups is 2. The number of Topliss-reactive ketones (excluding diaryl/α,β-unsaturated/α-hetero) is 2. The fraction of sp³-hybridized carbons (Fsp3) is 0.182. The molecule has 0 aliphatic heterocycles. The van der Waals surface area contributed by atoms with Gasteiger partial charge in [0.2, 0.25) is 5.78 Å². The number of hydrogen-bond donors (Lipinski definition) is 0. The van der Waals surface area contributed by atoms with Gasteiger partial charge < -0.3 is 0 Å². The summed E-state index contributed by atoms with van der Waals surface area (Å²) in [5.74, 6) is -0.826.